The summed E-state index contributed by atoms with van der Waals surface area (Å²) in [5, 5.41) is 21.9. The molecule has 0 radical (unpaired) electrons. The molecule has 4 rings (SSSR count). The van der Waals surface area contributed by atoms with E-state index in [-0.39, 0.29) is 39.8 Å². The van der Waals surface area contributed by atoms with Crippen molar-refractivity contribution in [1.82, 2.24) is 0 Å². The van der Waals surface area contributed by atoms with Crippen LogP contribution in [0.1, 0.15) is 120 Å². The van der Waals surface area contributed by atoms with E-state index in [1.807, 2.05) is 27.7 Å². The first-order chi connectivity index (χ1) is 16.4. The third-order valence-corrected chi connectivity index (χ3v) is 12.5. The number of carbonyl (C=O) groups excluding carboxylic acids is 1. The summed E-state index contributed by atoms with van der Waals surface area (Å²) in [5.74, 6) is 1.59. The average Bonchev–Trinajstić information content (AvgIpc) is 3.33. The summed E-state index contributed by atoms with van der Waals surface area (Å²) < 4.78 is 11.7. The van der Waals surface area contributed by atoms with Crippen molar-refractivity contribution in [3.05, 3.63) is 0 Å². The van der Waals surface area contributed by atoms with Gasteiger partial charge in [-0.05, 0) is 132 Å². The number of hydrogen-bond acceptors (Lipinski definition) is 5. The zero-order chi connectivity index (χ0) is 26.9. The lowest BCUT2D eigenvalue weighted by molar-refractivity contribution is -0.212. The van der Waals surface area contributed by atoms with Crippen LogP contribution in [-0.4, -0.2) is 46.2 Å². The molecule has 208 valence electrons. The van der Waals surface area contributed by atoms with Gasteiger partial charge in [-0.15, -0.1) is 0 Å². The van der Waals surface area contributed by atoms with Gasteiger partial charge in [0.1, 0.15) is 0 Å². The molecular weight excluding hydrogens is 452 g/mol. The Bertz CT molecular complexity index is 841. The van der Waals surface area contributed by atoms with Crippen LogP contribution in [0.2, 0.25) is 0 Å². The molecule has 9 unspecified atom stereocenters. The fraction of sp³-hybridized carbons (Fsp3) is 0.968. The van der Waals surface area contributed by atoms with Gasteiger partial charge in [-0.2, -0.15) is 0 Å². The summed E-state index contributed by atoms with van der Waals surface area (Å²) in [6.45, 7) is 17.5. The molecule has 4 fully saturated rings. The molecule has 2 N–H and O–H groups in total. The fourth-order valence-corrected chi connectivity index (χ4v) is 10.5. The van der Waals surface area contributed by atoms with Gasteiger partial charge in [0.2, 0.25) is 0 Å². The van der Waals surface area contributed by atoms with Gasteiger partial charge >= 0.3 is 5.97 Å². The van der Waals surface area contributed by atoms with E-state index in [4.69, 9.17) is 9.47 Å². The molecule has 9 atom stereocenters. The molecule has 5 nitrogen and oxygen atoms in total. The van der Waals surface area contributed by atoms with Crippen molar-refractivity contribution in [3.63, 3.8) is 0 Å². The molecule has 0 aromatic rings. The van der Waals surface area contributed by atoms with Gasteiger partial charge in [0.15, 0.2) is 0 Å². The van der Waals surface area contributed by atoms with Crippen molar-refractivity contribution < 1.29 is 24.5 Å². The first-order valence-electron chi connectivity index (χ1n) is 14.6. The van der Waals surface area contributed by atoms with E-state index in [1.165, 1.54) is 26.4 Å². The minimum absolute atomic E-state index is 0.0925. The molecule has 0 bridgehead atoms. The SMILES string of the molecule is COC(=O)CCC1(C)C(C(C)(C)O)CCC2(C)C1CCC1C(C3(C)CCC(C(C)(C)O)O3)CCC12C. The number of carbonyl (C=O) groups is 1. The second-order valence-electron chi connectivity index (χ2n) is 15.2. The quantitative estimate of drug-likeness (QED) is 0.414. The smallest absolute Gasteiger partial charge is 0.305 e. The van der Waals surface area contributed by atoms with E-state index in [0.29, 0.717) is 24.2 Å². The van der Waals surface area contributed by atoms with Gasteiger partial charge in [-0.25, -0.2) is 0 Å². The monoisotopic (exact) mass is 506 g/mol. The van der Waals surface area contributed by atoms with Crippen molar-refractivity contribution in [2.24, 2.45) is 39.9 Å². The van der Waals surface area contributed by atoms with Crippen LogP contribution in [0, 0.1) is 39.9 Å². The lowest BCUT2D eigenvalue weighted by Crippen LogP contribution is -2.62. The Morgan fingerprint density at radius 2 is 1.50 bits per heavy atom. The summed E-state index contributed by atoms with van der Waals surface area (Å²) in [4.78, 5) is 12.2. The topological polar surface area (TPSA) is 76.0 Å². The molecule has 0 aromatic heterocycles. The first-order valence-corrected chi connectivity index (χ1v) is 14.6. The first kappa shape index (κ1) is 28.4. The predicted octanol–water partition coefficient (Wildman–Crippen LogP) is 6.28. The molecule has 4 aliphatic rings. The molecule has 3 aliphatic carbocycles. The van der Waals surface area contributed by atoms with Crippen molar-refractivity contribution in [1.29, 1.82) is 0 Å². The van der Waals surface area contributed by atoms with Crippen molar-refractivity contribution in [3.8, 4) is 0 Å². The average molecular weight is 507 g/mol. The summed E-state index contributed by atoms with van der Waals surface area (Å²) in [6, 6.07) is 0. The van der Waals surface area contributed by atoms with E-state index in [0.717, 1.165) is 38.5 Å². The van der Waals surface area contributed by atoms with Gasteiger partial charge in [0.05, 0.1) is 30.0 Å². The number of hydrogen-bond donors (Lipinski definition) is 2. The summed E-state index contributed by atoms with van der Waals surface area (Å²) >= 11 is 0. The van der Waals surface area contributed by atoms with Crippen LogP contribution in [-0.2, 0) is 14.3 Å². The molecule has 0 aromatic carbocycles. The highest BCUT2D eigenvalue weighted by Gasteiger charge is 2.69. The van der Waals surface area contributed by atoms with E-state index in [9.17, 15) is 15.0 Å². The van der Waals surface area contributed by atoms with E-state index in [2.05, 4.69) is 27.7 Å². The van der Waals surface area contributed by atoms with Crippen LogP contribution in [0.5, 0.6) is 0 Å². The lowest BCUT2D eigenvalue weighted by atomic mass is 9.37. The second kappa shape index (κ2) is 8.95. The Balaban J connectivity index is 1.65. The zero-order valence-electron chi connectivity index (χ0n) is 24.6. The van der Waals surface area contributed by atoms with Crippen molar-refractivity contribution in [2.75, 3.05) is 7.11 Å². The molecular formula is C31H54O5. The minimum atomic E-state index is -0.805. The lowest BCUT2D eigenvalue weighted by Gasteiger charge is -2.67. The Morgan fingerprint density at radius 3 is 2.06 bits per heavy atom. The van der Waals surface area contributed by atoms with Crippen molar-refractivity contribution >= 4 is 5.97 Å². The summed E-state index contributed by atoms with van der Waals surface area (Å²) in [5.41, 5.74) is -1.52. The van der Waals surface area contributed by atoms with Crippen LogP contribution < -0.4 is 0 Å². The highest BCUT2D eigenvalue weighted by Crippen LogP contribution is 2.74. The number of rotatable bonds is 6. The number of esters is 1. The number of ether oxygens (including phenoxy) is 2. The highest BCUT2D eigenvalue weighted by molar-refractivity contribution is 5.69. The van der Waals surface area contributed by atoms with E-state index in [1.54, 1.807) is 0 Å². The standard InChI is InChI=1S/C31H54O5/c1-26(2,33)22-13-18-30(7)23(28(22,5)16-15-25(32)35-9)11-10-20-21(12-17-29(20,30)6)31(8)19-14-24(36-31)27(3,4)34/h20-24,33-34H,10-19H2,1-9H3. The molecule has 3 saturated carbocycles. The Hall–Kier alpha value is -0.650. The minimum Gasteiger partial charge on any atom is -0.469 e. The maximum atomic E-state index is 12.2. The highest BCUT2D eigenvalue weighted by atomic mass is 16.5. The van der Waals surface area contributed by atoms with E-state index >= 15 is 0 Å². The van der Waals surface area contributed by atoms with Crippen LogP contribution >= 0.6 is 0 Å². The molecule has 36 heavy (non-hydrogen) atoms. The molecule has 1 heterocycles. The number of fused-ring (bicyclic) bond motifs is 3. The maximum absolute atomic E-state index is 12.2. The van der Waals surface area contributed by atoms with Crippen LogP contribution in [0.25, 0.3) is 0 Å². The molecule has 5 heteroatoms. The number of methoxy groups -OCH3 is 1. The van der Waals surface area contributed by atoms with Crippen LogP contribution in [0.15, 0.2) is 0 Å². The third kappa shape index (κ3) is 4.28. The molecule has 1 aliphatic heterocycles. The van der Waals surface area contributed by atoms with Gasteiger partial charge in [0, 0.05) is 6.42 Å². The Labute approximate surface area is 220 Å². The molecule has 1 saturated heterocycles. The maximum Gasteiger partial charge on any atom is 0.305 e. The molecule has 0 amide bonds. The van der Waals surface area contributed by atoms with Gasteiger partial charge in [0.25, 0.3) is 0 Å². The second-order valence-corrected chi connectivity index (χ2v) is 15.2. The third-order valence-electron chi connectivity index (χ3n) is 12.5. The van der Waals surface area contributed by atoms with Crippen LogP contribution in [0.4, 0.5) is 0 Å². The van der Waals surface area contributed by atoms with Gasteiger partial charge < -0.3 is 19.7 Å². The predicted molar refractivity (Wildman–Crippen MR) is 142 cm³/mol. The van der Waals surface area contributed by atoms with Gasteiger partial charge in [-0.1, -0.05) is 20.8 Å². The summed E-state index contributed by atoms with van der Waals surface area (Å²) in [7, 11) is 1.47. The normalized spacial score (nSPS) is 47.4. The fourth-order valence-electron chi connectivity index (χ4n) is 10.5. The molecule has 0 spiro atoms. The van der Waals surface area contributed by atoms with Crippen LogP contribution in [0.3, 0.4) is 0 Å². The Morgan fingerprint density at radius 1 is 0.861 bits per heavy atom. The number of aliphatic hydroxyl groups is 2. The Kier molecular flexibility index (Phi) is 7.05. The summed E-state index contributed by atoms with van der Waals surface area (Å²) in [6.07, 6.45) is 9.89. The van der Waals surface area contributed by atoms with Crippen molar-refractivity contribution in [2.45, 2.75) is 143 Å². The zero-order valence-corrected chi connectivity index (χ0v) is 24.6. The van der Waals surface area contributed by atoms with E-state index < -0.39 is 11.2 Å². The largest absolute Gasteiger partial charge is 0.469 e. The van der Waals surface area contributed by atoms with Gasteiger partial charge in [-0.3, -0.25) is 4.79 Å².